The molecular formula is C9H16N2O6S. The van der Waals surface area contributed by atoms with Crippen molar-refractivity contribution in [3.63, 3.8) is 0 Å². The number of amides is 2. The topological polar surface area (TPSA) is 124 Å². The fourth-order valence-corrected chi connectivity index (χ4v) is 2.19. The van der Waals surface area contributed by atoms with Gasteiger partial charge < -0.3 is 20.4 Å². The van der Waals surface area contributed by atoms with Crippen molar-refractivity contribution in [1.82, 2.24) is 10.2 Å². The van der Waals surface area contributed by atoms with Gasteiger partial charge in [-0.3, -0.25) is 0 Å². The highest BCUT2D eigenvalue weighted by Crippen LogP contribution is 2.17. The Hall–Kier alpha value is -1.35. The number of urea groups is 1. The van der Waals surface area contributed by atoms with Crippen molar-refractivity contribution in [2.24, 2.45) is 0 Å². The van der Waals surface area contributed by atoms with Crippen LogP contribution >= 0.6 is 0 Å². The van der Waals surface area contributed by atoms with Crippen LogP contribution in [-0.2, 0) is 14.6 Å². The zero-order valence-electron chi connectivity index (χ0n) is 9.87. The van der Waals surface area contributed by atoms with E-state index in [1.54, 1.807) is 0 Å². The Morgan fingerprint density at radius 3 is 2.56 bits per heavy atom. The van der Waals surface area contributed by atoms with E-state index in [0.29, 0.717) is 0 Å². The van der Waals surface area contributed by atoms with E-state index < -0.39 is 34.0 Å². The fraction of sp³-hybridized carbons (Fsp3) is 0.778. The number of carbonyl (C=O) groups excluding carboxylic acids is 1. The molecule has 0 spiro atoms. The Morgan fingerprint density at radius 2 is 2.06 bits per heavy atom. The number of hydrogen-bond donors (Lipinski definition) is 3. The van der Waals surface area contributed by atoms with Crippen LogP contribution in [0.5, 0.6) is 0 Å². The molecule has 3 N–H and O–H groups in total. The molecule has 0 unspecified atom stereocenters. The van der Waals surface area contributed by atoms with Gasteiger partial charge in [-0.05, 0) is 0 Å². The van der Waals surface area contributed by atoms with E-state index in [2.05, 4.69) is 5.32 Å². The number of hydrogen-bond acceptors (Lipinski definition) is 5. The molecule has 2 atom stereocenters. The van der Waals surface area contributed by atoms with Crippen LogP contribution in [0.2, 0.25) is 0 Å². The summed E-state index contributed by atoms with van der Waals surface area (Å²) >= 11 is 0. The van der Waals surface area contributed by atoms with Crippen molar-refractivity contribution in [2.45, 2.75) is 18.6 Å². The highest BCUT2D eigenvalue weighted by Gasteiger charge is 2.38. The van der Waals surface area contributed by atoms with E-state index in [4.69, 9.17) is 5.11 Å². The standard InChI is InChI=1S/C9H16N2O6S/c1-18(16,17)3-2-10-9(15)11-5-6(12)4-7(11)8(13)14/h6-7,12H,2-5H2,1H3,(H,10,15)(H,13,14)/t6-,7-/m1/s1. The van der Waals surface area contributed by atoms with E-state index in [1.807, 2.05) is 0 Å². The maximum Gasteiger partial charge on any atom is 0.326 e. The summed E-state index contributed by atoms with van der Waals surface area (Å²) < 4.78 is 21.7. The molecule has 9 heteroatoms. The number of aliphatic carboxylic acids is 1. The minimum Gasteiger partial charge on any atom is -0.480 e. The SMILES string of the molecule is CS(=O)(=O)CCNC(=O)N1C[C@H](O)C[C@@H]1C(=O)O. The van der Waals surface area contributed by atoms with Crippen molar-refractivity contribution < 1.29 is 28.2 Å². The Bertz CT molecular complexity index is 434. The average molecular weight is 280 g/mol. The first-order chi connectivity index (χ1) is 8.20. The van der Waals surface area contributed by atoms with E-state index in [9.17, 15) is 23.1 Å². The van der Waals surface area contributed by atoms with Gasteiger partial charge in [0.1, 0.15) is 15.9 Å². The third-order valence-electron chi connectivity index (χ3n) is 2.57. The first-order valence-electron chi connectivity index (χ1n) is 5.34. The number of carbonyl (C=O) groups is 2. The number of carboxylic acid groups (broad SMARTS) is 1. The van der Waals surface area contributed by atoms with Crippen molar-refractivity contribution in [3.05, 3.63) is 0 Å². The molecule has 0 bridgehead atoms. The number of nitrogens with zero attached hydrogens (tertiary/aromatic N) is 1. The molecule has 0 saturated carbocycles. The number of rotatable bonds is 4. The third kappa shape index (κ3) is 4.15. The number of β-amino-alcohol motifs (C(OH)–C–C–N with tert-alkyl or cyclic N) is 1. The molecule has 0 radical (unpaired) electrons. The Morgan fingerprint density at radius 1 is 1.44 bits per heavy atom. The molecule has 0 aromatic carbocycles. The van der Waals surface area contributed by atoms with Gasteiger partial charge in [0.2, 0.25) is 0 Å². The third-order valence-corrected chi connectivity index (χ3v) is 3.52. The van der Waals surface area contributed by atoms with E-state index >= 15 is 0 Å². The van der Waals surface area contributed by atoms with Gasteiger partial charge >= 0.3 is 12.0 Å². The lowest BCUT2D eigenvalue weighted by molar-refractivity contribution is -0.141. The fourth-order valence-electron chi connectivity index (χ4n) is 1.72. The van der Waals surface area contributed by atoms with Crippen LogP contribution in [0.25, 0.3) is 0 Å². The number of likely N-dealkylation sites (tertiary alicyclic amines) is 1. The quantitative estimate of drug-likeness (QED) is 0.561. The predicted molar refractivity (Wildman–Crippen MR) is 61.9 cm³/mol. The molecule has 1 rings (SSSR count). The molecular weight excluding hydrogens is 264 g/mol. The number of aliphatic hydroxyl groups excluding tert-OH is 1. The lowest BCUT2D eigenvalue weighted by Gasteiger charge is -2.21. The molecule has 2 amide bonds. The number of sulfone groups is 1. The lowest BCUT2D eigenvalue weighted by atomic mass is 10.2. The smallest absolute Gasteiger partial charge is 0.326 e. The maximum atomic E-state index is 11.6. The maximum absolute atomic E-state index is 11.6. The molecule has 0 aromatic rings. The summed E-state index contributed by atoms with van der Waals surface area (Å²) in [5.74, 6) is -1.41. The minimum atomic E-state index is -3.18. The first-order valence-corrected chi connectivity index (χ1v) is 7.40. The van der Waals surface area contributed by atoms with Gasteiger partial charge in [-0.15, -0.1) is 0 Å². The van der Waals surface area contributed by atoms with Crippen molar-refractivity contribution in [2.75, 3.05) is 25.1 Å². The zero-order chi connectivity index (χ0) is 13.9. The molecule has 1 aliphatic heterocycles. The summed E-state index contributed by atoms with van der Waals surface area (Å²) in [5, 5.41) is 20.5. The van der Waals surface area contributed by atoms with Gasteiger partial charge in [0.15, 0.2) is 0 Å². The molecule has 0 aliphatic carbocycles. The van der Waals surface area contributed by atoms with Gasteiger partial charge in [0, 0.05) is 25.8 Å². The summed E-state index contributed by atoms with van der Waals surface area (Å²) in [4.78, 5) is 23.5. The van der Waals surface area contributed by atoms with Crippen LogP contribution in [0, 0.1) is 0 Å². The van der Waals surface area contributed by atoms with Crippen LogP contribution in [0.1, 0.15) is 6.42 Å². The second kappa shape index (κ2) is 5.53. The van der Waals surface area contributed by atoms with Crippen LogP contribution in [0.4, 0.5) is 4.79 Å². The van der Waals surface area contributed by atoms with Gasteiger partial charge in [-0.1, -0.05) is 0 Å². The second-order valence-corrected chi connectivity index (χ2v) is 6.52. The van der Waals surface area contributed by atoms with Gasteiger partial charge in [-0.2, -0.15) is 0 Å². The molecule has 8 nitrogen and oxygen atoms in total. The van der Waals surface area contributed by atoms with Crippen molar-refractivity contribution in [3.8, 4) is 0 Å². The molecule has 1 fully saturated rings. The molecule has 0 aromatic heterocycles. The Labute approximate surface area is 104 Å². The minimum absolute atomic E-state index is 0.0190. The van der Waals surface area contributed by atoms with Crippen molar-refractivity contribution >= 4 is 21.8 Å². The number of carboxylic acids is 1. The highest BCUT2D eigenvalue weighted by molar-refractivity contribution is 7.90. The lowest BCUT2D eigenvalue weighted by Crippen LogP contribution is -2.47. The van der Waals surface area contributed by atoms with E-state index in [0.717, 1.165) is 11.2 Å². The number of nitrogens with one attached hydrogen (secondary N) is 1. The molecule has 104 valence electrons. The van der Waals surface area contributed by atoms with Gasteiger partial charge in [0.05, 0.1) is 11.9 Å². The van der Waals surface area contributed by atoms with Gasteiger partial charge in [-0.25, -0.2) is 18.0 Å². The Balaban J connectivity index is 2.53. The summed E-state index contributed by atoms with van der Waals surface area (Å²) in [7, 11) is -3.18. The number of aliphatic hydroxyl groups is 1. The predicted octanol–water partition coefficient (Wildman–Crippen LogP) is -1.74. The van der Waals surface area contributed by atoms with E-state index in [-0.39, 0.29) is 25.3 Å². The molecule has 1 aliphatic rings. The summed E-state index contributed by atoms with van der Waals surface area (Å²) in [5.41, 5.74) is 0. The van der Waals surface area contributed by atoms with Crippen LogP contribution < -0.4 is 5.32 Å². The highest BCUT2D eigenvalue weighted by atomic mass is 32.2. The molecule has 18 heavy (non-hydrogen) atoms. The van der Waals surface area contributed by atoms with Crippen LogP contribution in [0.3, 0.4) is 0 Å². The largest absolute Gasteiger partial charge is 0.480 e. The monoisotopic (exact) mass is 280 g/mol. The summed E-state index contributed by atoms with van der Waals surface area (Å²) in [6, 6.07) is -1.75. The first kappa shape index (κ1) is 14.7. The second-order valence-electron chi connectivity index (χ2n) is 4.26. The normalized spacial score (nSPS) is 24.0. The van der Waals surface area contributed by atoms with Crippen LogP contribution in [-0.4, -0.2) is 72.8 Å². The van der Waals surface area contributed by atoms with E-state index in [1.165, 1.54) is 0 Å². The molecule has 1 heterocycles. The zero-order valence-corrected chi connectivity index (χ0v) is 10.7. The molecule has 1 saturated heterocycles. The van der Waals surface area contributed by atoms with Crippen molar-refractivity contribution in [1.29, 1.82) is 0 Å². The van der Waals surface area contributed by atoms with Gasteiger partial charge in [0.25, 0.3) is 0 Å². The average Bonchev–Trinajstić information content (AvgIpc) is 2.58. The summed E-state index contributed by atoms with van der Waals surface area (Å²) in [6.07, 6.45) is 0.153. The summed E-state index contributed by atoms with van der Waals surface area (Å²) in [6.45, 7) is -0.154. The van der Waals surface area contributed by atoms with Crippen LogP contribution in [0.15, 0.2) is 0 Å². The Kier molecular flexibility index (Phi) is 4.52.